The number of carbonyl (C=O) groups is 1. The predicted octanol–water partition coefficient (Wildman–Crippen LogP) is 3.60. The molecule has 1 aromatic carbocycles. The monoisotopic (exact) mass is 384 g/mol. The van der Waals surface area contributed by atoms with Gasteiger partial charge in [0.05, 0.1) is 6.04 Å². The van der Waals surface area contributed by atoms with Crippen LogP contribution in [-0.2, 0) is 11.3 Å². The van der Waals surface area contributed by atoms with E-state index >= 15 is 0 Å². The lowest BCUT2D eigenvalue weighted by atomic mass is 9.97. The SMILES string of the molecule is O=C(Nc1ncc(C2CCNCC2)s1)C1CCCCN1Cc1ccccc1. The van der Waals surface area contributed by atoms with Crippen molar-refractivity contribution in [1.29, 1.82) is 0 Å². The molecule has 144 valence electrons. The number of thiazole rings is 1. The van der Waals surface area contributed by atoms with Crippen LogP contribution in [0.5, 0.6) is 0 Å². The zero-order valence-corrected chi connectivity index (χ0v) is 16.5. The van der Waals surface area contributed by atoms with E-state index in [2.05, 4.69) is 44.8 Å². The van der Waals surface area contributed by atoms with Crippen molar-refractivity contribution in [3.05, 3.63) is 47.0 Å². The van der Waals surface area contributed by atoms with E-state index in [0.717, 1.165) is 63.4 Å². The third-order valence-electron chi connectivity index (χ3n) is 5.64. The summed E-state index contributed by atoms with van der Waals surface area (Å²) in [7, 11) is 0. The molecule has 2 N–H and O–H groups in total. The fraction of sp³-hybridized carbons (Fsp3) is 0.524. The van der Waals surface area contributed by atoms with Crippen LogP contribution in [0, 0.1) is 0 Å². The van der Waals surface area contributed by atoms with Gasteiger partial charge in [0, 0.05) is 17.6 Å². The molecule has 0 spiro atoms. The predicted molar refractivity (Wildman–Crippen MR) is 110 cm³/mol. The summed E-state index contributed by atoms with van der Waals surface area (Å²) < 4.78 is 0. The van der Waals surface area contributed by atoms with Gasteiger partial charge in [0.25, 0.3) is 0 Å². The van der Waals surface area contributed by atoms with Crippen LogP contribution in [0.3, 0.4) is 0 Å². The van der Waals surface area contributed by atoms with Crippen LogP contribution in [-0.4, -0.2) is 41.5 Å². The highest BCUT2D eigenvalue weighted by Crippen LogP contribution is 2.32. The Labute approximate surface area is 165 Å². The van der Waals surface area contributed by atoms with Crippen molar-refractivity contribution in [2.24, 2.45) is 0 Å². The van der Waals surface area contributed by atoms with Gasteiger partial charge >= 0.3 is 0 Å². The highest BCUT2D eigenvalue weighted by Gasteiger charge is 2.29. The lowest BCUT2D eigenvalue weighted by Crippen LogP contribution is -2.46. The third kappa shape index (κ3) is 4.75. The molecule has 2 aliphatic rings. The van der Waals surface area contributed by atoms with Gasteiger partial charge in [0.1, 0.15) is 0 Å². The summed E-state index contributed by atoms with van der Waals surface area (Å²) in [4.78, 5) is 21.1. The average Bonchev–Trinajstić information content (AvgIpc) is 3.18. The van der Waals surface area contributed by atoms with Gasteiger partial charge in [-0.2, -0.15) is 0 Å². The molecule has 0 bridgehead atoms. The molecule has 1 amide bonds. The Morgan fingerprint density at radius 3 is 2.81 bits per heavy atom. The number of aromatic nitrogens is 1. The first-order valence-corrected chi connectivity index (χ1v) is 10.9. The Balaban J connectivity index is 1.39. The smallest absolute Gasteiger partial charge is 0.243 e. The molecule has 2 saturated heterocycles. The van der Waals surface area contributed by atoms with Crippen molar-refractivity contribution in [3.8, 4) is 0 Å². The summed E-state index contributed by atoms with van der Waals surface area (Å²) in [6.07, 6.45) is 7.46. The molecule has 0 aliphatic carbocycles. The molecule has 2 fully saturated rings. The van der Waals surface area contributed by atoms with E-state index in [1.54, 1.807) is 11.3 Å². The molecule has 2 aromatic rings. The second-order valence-corrected chi connectivity index (χ2v) is 8.61. The molecule has 2 aliphatic heterocycles. The number of rotatable bonds is 5. The molecule has 27 heavy (non-hydrogen) atoms. The summed E-state index contributed by atoms with van der Waals surface area (Å²) >= 11 is 1.65. The Morgan fingerprint density at radius 1 is 1.19 bits per heavy atom. The number of amides is 1. The van der Waals surface area contributed by atoms with E-state index in [1.165, 1.54) is 10.4 Å². The maximum absolute atomic E-state index is 13.0. The molecule has 5 nitrogen and oxygen atoms in total. The van der Waals surface area contributed by atoms with Gasteiger partial charge in [0.15, 0.2) is 5.13 Å². The van der Waals surface area contributed by atoms with E-state index in [4.69, 9.17) is 0 Å². The van der Waals surface area contributed by atoms with Crippen molar-refractivity contribution in [2.75, 3.05) is 25.0 Å². The highest BCUT2D eigenvalue weighted by atomic mass is 32.1. The van der Waals surface area contributed by atoms with Gasteiger partial charge in [0.2, 0.25) is 5.91 Å². The zero-order valence-electron chi connectivity index (χ0n) is 15.7. The molecule has 6 heteroatoms. The van der Waals surface area contributed by atoms with Crippen LogP contribution < -0.4 is 10.6 Å². The summed E-state index contributed by atoms with van der Waals surface area (Å²) in [5, 5.41) is 7.25. The number of nitrogens with zero attached hydrogens (tertiary/aromatic N) is 2. The van der Waals surface area contributed by atoms with Gasteiger partial charge in [-0.05, 0) is 56.8 Å². The fourth-order valence-electron chi connectivity index (χ4n) is 4.12. The first kappa shape index (κ1) is 18.6. The Hall–Kier alpha value is -1.76. The molecule has 4 rings (SSSR count). The zero-order chi connectivity index (χ0) is 18.5. The maximum atomic E-state index is 13.0. The van der Waals surface area contributed by atoms with Crippen molar-refractivity contribution < 1.29 is 4.79 Å². The van der Waals surface area contributed by atoms with Crippen LogP contribution in [0.4, 0.5) is 5.13 Å². The largest absolute Gasteiger partial charge is 0.317 e. The molecule has 1 aromatic heterocycles. The van der Waals surface area contributed by atoms with Crippen LogP contribution in [0.15, 0.2) is 36.5 Å². The standard InChI is InChI=1S/C21H28N4OS/c26-20(24-21-23-14-19(27-21)17-9-11-22-12-10-17)18-8-4-5-13-25(18)15-16-6-2-1-3-7-16/h1-3,6-7,14,17-18,22H,4-5,8-13,15H2,(H,23,24,26). The van der Waals surface area contributed by atoms with E-state index in [9.17, 15) is 4.79 Å². The Bertz CT molecular complexity index is 742. The van der Waals surface area contributed by atoms with Gasteiger partial charge < -0.3 is 10.6 Å². The van der Waals surface area contributed by atoms with Gasteiger partial charge in [-0.15, -0.1) is 11.3 Å². The molecule has 0 radical (unpaired) electrons. The van der Waals surface area contributed by atoms with Crippen molar-refractivity contribution in [1.82, 2.24) is 15.2 Å². The number of benzene rings is 1. The van der Waals surface area contributed by atoms with Crippen molar-refractivity contribution in [2.45, 2.75) is 50.6 Å². The van der Waals surface area contributed by atoms with E-state index in [0.29, 0.717) is 5.92 Å². The number of hydrogen-bond acceptors (Lipinski definition) is 5. The minimum absolute atomic E-state index is 0.0646. The minimum atomic E-state index is -0.0646. The summed E-state index contributed by atoms with van der Waals surface area (Å²) in [6.45, 7) is 3.95. The average molecular weight is 385 g/mol. The fourth-order valence-corrected chi connectivity index (χ4v) is 5.11. The van der Waals surface area contributed by atoms with E-state index in [-0.39, 0.29) is 11.9 Å². The lowest BCUT2D eigenvalue weighted by Gasteiger charge is -2.34. The lowest BCUT2D eigenvalue weighted by molar-refractivity contribution is -0.122. The van der Waals surface area contributed by atoms with E-state index < -0.39 is 0 Å². The number of likely N-dealkylation sites (tertiary alicyclic amines) is 1. The maximum Gasteiger partial charge on any atom is 0.243 e. The van der Waals surface area contributed by atoms with Gasteiger partial charge in [-0.1, -0.05) is 36.8 Å². The molecule has 1 atom stereocenters. The topological polar surface area (TPSA) is 57.3 Å². The van der Waals surface area contributed by atoms with Gasteiger partial charge in [-0.25, -0.2) is 4.98 Å². The summed E-state index contributed by atoms with van der Waals surface area (Å²) in [6, 6.07) is 10.4. The number of anilines is 1. The molecule has 1 unspecified atom stereocenters. The molecule has 0 saturated carbocycles. The molecule has 3 heterocycles. The van der Waals surface area contributed by atoms with Crippen molar-refractivity contribution >= 4 is 22.4 Å². The third-order valence-corrected chi connectivity index (χ3v) is 6.72. The van der Waals surface area contributed by atoms with Crippen molar-refractivity contribution in [3.63, 3.8) is 0 Å². The second-order valence-electron chi connectivity index (χ2n) is 7.55. The normalized spacial score (nSPS) is 21.9. The first-order valence-electron chi connectivity index (χ1n) is 10.0. The van der Waals surface area contributed by atoms with Crippen LogP contribution in [0.2, 0.25) is 0 Å². The van der Waals surface area contributed by atoms with Crippen LogP contribution >= 0.6 is 11.3 Å². The van der Waals surface area contributed by atoms with Crippen LogP contribution in [0.25, 0.3) is 0 Å². The number of carbonyl (C=O) groups excluding carboxylic acids is 1. The number of piperidine rings is 2. The number of hydrogen-bond donors (Lipinski definition) is 2. The second kappa shape index (κ2) is 8.95. The first-order chi connectivity index (χ1) is 13.3. The molecular formula is C21H28N4OS. The molecular weight excluding hydrogens is 356 g/mol. The Kier molecular flexibility index (Phi) is 6.17. The summed E-state index contributed by atoms with van der Waals surface area (Å²) in [5.41, 5.74) is 1.26. The summed E-state index contributed by atoms with van der Waals surface area (Å²) in [5.74, 6) is 0.676. The minimum Gasteiger partial charge on any atom is -0.317 e. The van der Waals surface area contributed by atoms with Gasteiger partial charge in [-0.3, -0.25) is 9.69 Å². The van der Waals surface area contributed by atoms with E-state index in [1.807, 2.05) is 12.3 Å². The number of nitrogens with one attached hydrogen (secondary N) is 2. The Morgan fingerprint density at radius 2 is 2.00 bits per heavy atom. The quantitative estimate of drug-likeness (QED) is 0.827. The highest BCUT2D eigenvalue weighted by molar-refractivity contribution is 7.15. The van der Waals surface area contributed by atoms with Crippen LogP contribution in [0.1, 0.15) is 48.5 Å².